The van der Waals surface area contributed by atoms with Gasteiger partial charge in [-0.2, -0.15) is 0 Å². The third-order valence-electron chi connectivity index (χ3n) is 4.39. The Morgan fingerprint density at radius 2 is 2.05 bits per heavy atom. The first-order chi connectivity index (χ1) is 9.04. The molecule has 0 N–H and O–H groups in total. The molecule has 1 aromatic rings. The summed E-state index contributed by atoms with van der Waals surface area (Å²) in [4.78, 5) is 5.20. The Morgan fingerprint density at radius 3 is 2.47 bits per heavy atom. The molecule has 3 heteroatoms. The Morgan fingerprint density at radius 1 is 1.42 bits per heavy atom. The van der Waals surface area contributed by atoms with E-state index in [0.29, 0.717) is 12.1 Å². The van der Waals surface area contributed by atoms with Crippen LogP contribution >= 0.6 is 11.3 Å². The van der Waals surface area contributed by atoms with E-state index in [4.69, 9.17) is 0 Å². The van der Waals surface area contributed by atoms with E-state index in [-0.39, 0.29) is 0 Å². The molecule has 2 rings (SSSR count). The fraction of sp³-hybridized carbons (Fsp3) is 0.688. The number of nitrogens with zero attached hydrogens (tertiary/aromatic N) is 2. The molecular formula is C16H27N2S. The SMILES string of the molecule is [CH2]c1csc(N(CC)C2CCN(C(C)C)CC2)c1C. The summed E-state index contributed by atoms with van der Waals surface area (Å²) >= 11 is 1.86. The van der Waals surface area contributed by atoms with Crippen LogP contribution < -0.4 is 4.90 Å². The van der Waals surface area contributed by atoms with Crippen molar-refractivity contribution in [2.45, 2.75) is 52.6 Å². The van der Waals surface area contributed by atoms with Crippen LogP contribution in [0.5, 0.6) is 0 Å². The lowest BCUT2D eigenvalue weighted by molar-refractivity contribution is 0.170. The Hall–Kier alpha value is -0.540. The lowest BCUT2D eigenvalue weighted by Gasteiger charge is -2.40. The van der Waals surface area contributed by atoms with Crippen molar-refractivity contribution in [2.75, 3.05) is 24.5 Å². The fourth-order valence-corrected chi connectivity index (χ4v) is 4.16. The molecular weight excluding hydrogens is 252 g/mol. The molecule has 1 radical (unpaired) electrons. The third kappa shape index (κ3) is 3.14. The molecule has 2 heterocycles. The van der Waals surface area contributed by atoms with Gasteiger partial charge in [0.25, 0.3) is 0 Å². The van der Waals surface area contributed by atoms with Crippen LogP contribution in [0.3, 0.4) is 0 Å². The van der Waals surface area contributed by atoms with Crippen LogP contribution in [0.25, 0.3) is 0 Å². The highest BCUT2D eigenvalue weighted by molar-refractivity contribution is 7.14. The van der Waals surface area contributed by atoms with Crippen molar-refractivity contribution in [3.05, 3.63) is 23.4 Å². The molecule has 0 atom stereocenters. The molecule has 0 aromatic carbocycles. The fourth-order valence-electron chi connectivity index (χ4n) is 3.01. The molecule has 2 nitrogen and oxygen atoms in total. The van der Waals surface area contributed by atoms with Crippen LogP contribution in [0.2, 0.25) is 0 Å². The van der Waals surface area contributed by atoms with E-state index in [1.165, 1.54) is 42.1 Å². The standard InChI is InChI=1S/C16H27N2S/c1-6-18(16-14(5)13(4)11-19-16)15-7-9-17(10-8-15)12(2)3/h11-12,15H,4,6-10H2,1-3,5H3. The van der Waals surface area contributed by atoms with E-state index in [0.717, 1.165) is 6.54 Å². The molecule has 19 heavy (non-hydrogen) atoms. The zero-order chi connectivity index (χ0) is 14.0. The van der Waals surface area contributed by atoms with Gasteiger partial charge in [-0.15, -0.1) is 11.3 Å². The van der Waals surface area contributed by atoms with Gasteiger partial charge in [0.2, 0.25) is 0 Å². The highest BCUT2D eigenvalue weighted by Gasteiger charge is 2.26. The molecule has 0 bridgehead atoms. The van der Waals surface area contributed by atoms with Gasteiger partial charge in [-0.1, -0.05) is 0 Å². The number of thiophene rings is 1. The van der Waals surface area contributed by atoms with Gasteiger partial charge in [0.15, 0.2) is 0 Å². The number of likely N-dealkylation sites (tertiary alicyclic amines) is 1. The van der Waals surface area contributed by atoms with Gasteiger partial charge >= 0.3 is 0 Å². The summed E-state index contributed by atoms with van der Waals surface area (Å²) in [5, 5.41) is 3.63. The van der Waals surface area contributed by atoms with E-state index < -0.39 is 0 Å². The van der Waals surface area contributed by atoms with E-state index in [1.807, 2.05) is 11.3 Å². The van der Waals surface area contributed by atoms with E-state index in [9.17, 15) is 0 Å². The van der Waals surface area contributed by atoms with Crippen molar-refractivity contribution in [2.24, 2.45) is 0 Å². The molecule has 0 unspecified atom stereocenters. The normalized spacial score (nSPS) is 18.2. The molecule has 0 aliphatic carbocycles. The van der Waals surface area contributed by atoms with Crippen LogP contribution in [0.15, 0.2) is 5.38 Å². The van der Waals surface area contributed by atoms with Crippen molar-refractivity contribution in [3.8, 4) is 0 Å². The summed E-state index contributed by atoms with van der Waals surface area (Å²) in [6.07, 6.45) is 2.58. The minimum Gasteiger partial charge on any atom is -0.360 e. The Balaban J connectivity index is 2.06. The summed E-state index contributed by atoms with van der Waals surface area (Å²) < 4.78 is 0. The van der Waals surface area contributed by atoms with E-state index in [1.54, 1.807) is 0 Å². The maximum absolute atomic E-state index is 4.11. The summed E-state index contributed by atoms with van der Waals surface area (Å²) in [5.74, 6) is 0. The van der Waals surface area contributed by atoms with Gasteiger partial charge < -0.3 is 9.80 Å². The van der Waals surface area contributed by atoms with Crippen molar-refractivity contribution >= 4 is 16.3 Å². The van der Waals surface area contributed by atoms with Gasteiger partial charge in [0.1, 0.15) is 0 Å². The number of hydrogen-bond acceptors (Lipinski definition) is 3. The average Bonchev–Trinajstić information content (AvgIpc) is 2.73. The molecule has 0 amide bonds. The lowest BCUT2D eigenvalue weighted by Crippen LogP contribution is -2.47. The predicted octanol–water partition coefficient (Wildman–Crippen LogP) is 3.94. The van der Waals surface area contributed by atoms with Crippen molar-refractivity contribution in [1.82, 2.24) is 4.90 Å². The molecule has 1 aromatic heterocycles. The quantitative estimate of drug-likeness (QED) is 0.824. The Kier molecular flexibility index (Phi) is 4.91. The van der Waals surface area contributed by atoms with Crippen LogP contribution in [0.1, 0.15) is 44.7 Å². The second-order valence-electron chi connectivity index (χ2n) is 5.84. The van der Waals surface area contributed by atoms with Gasteiger partial charge in [-0.3, -0.25) is 0 Å². The molecule has 0 saturated carbocycles. The maximum Gasteiger partial charge on any atom is 0.0943 e. The molecule has 0 spiro atoms. The maximum atomic E-state index is 4.11. The minimum absolute atomic E-state index is 0.686. The Bertz CT molecular complexity index is 403. The molecule has 1 saturated heterocycles. The summed E-state index contributed by atoms with van der Waals surface area (Å²) in [6, 6.07) is 1.39. The van der Waals surface area contributed by atoms with Gasteiger partial charge in [-0.05, 0) is 64.0 Å². The van der Waals surface area contributed by atoms with Crippen molar-refractivity contribution < 1.29 is 0 Å². The van der Waals surface area contributed by atoms with Gasteiger partial charge in [0, 0.05) is 31.7 Å². The summed E-state index contributed by atoms with van der Waals surface area (Å²) in [7, 11) is 0. The summed E-state index contributed by atoms with van der Waals surface area (Å²) in [6.45, 7) is 16.8. The van der Waals surface area contributed by atoms with Crippen molar-refractivity contribution in [1.29, 1.82) is 0 Å². The second kappa shape index (κ2) is 6.27. The lowest BCUT2D eigenvalue weighted by atomic mass is 10.0. The zero-order valence-corrected chi connectivity index (χ0v) is 13.6. The Labute approximate surface area is 122 Å². The smallest absolute Gasteiger partial charge is 0.0943 e. The molecule has 1 aliphatic heterocycles. The molecule has 1 fully saturated rings. The van der Waals surface area contributed by atoms with Crippen LogP contribution in [-0.2, 0) is 0 Å². The topological polar surface area (TPSA) is 6.48 Å². The third-order valence-corrected chi connectivity index (χ3v) is 5.55. The predicted molar refractivity (Wildman–Crippen MR) is 86.3 cm³/mol. The van der Waals surface area contributed by atoms with Gasteiger partial charge in [-0.25, -0.2) is 0 Å². The number of piperidine rings is 1. The van der Waals surface area contributed by atoms with E-state index >= 15 is 0 Å². The van der Waals surface area contributed by atoms with Crippen molar-refractivity contribution in [3.63, 3.8) is 0 Å². The number of anilines is 1. The second-order valence-corrected chi connectivity index (χ2v) is 6.70. The van der Waals surface area contributed by atoms with Crippen LogP contribution in [-0.4, -0.2) is 36.6 Å². The zero-order valence-electron chi connectivity index (χ0n) is 12.8. The molecule has 107 valence electrons. The molecule has 1 aliphatic rings. The number of rotatable bonds is 4. The summed E-state index contributed by atoms with van der Waals surface area (Å²) in [5.41, 5.74) is 2.57. The largest absolute Gasteiger partial charge is 0.360 e. The first-order valence-corrected chi connectivity index (χ1v) is 8.33. The number of hydrogen-bond donors (Lipinski definition) is 0. The first kappa shape index (κ1) is 14.9. The van der Waals surface area contributed by atoms with E-state index in [2.05, 4.69) is 49.8 Å². The highest BCUT2D eigenvalue weighted by Crippen LogP contribution is 2.34. The van der Waals surface area contributed by atoms with Crippen LogP contribution in [0.4, 0.5) is 5.00 Å². The highest BCUT2D eigenvalue weighted by atomic mass is 32.1. The van der Waals surface area contributed by atoms with Crippen LogP contribution in [0, 0.1) is 13.8 Å². The minimum atomic E-state index is 0.686. The first-order valence-electron chi connectivity index (χ1n) is 7.45. The average molecular weight is 279 g/mol. The monoisotopic (exact) mass is 279 g/mol. The van der Waals surface area contributed by atoms with Gasteiger partial charge in [0.05, 0.1) is 5.00 Å².